The van der Waals surface area contributed by atoms with E-state index in [1.807, 2.05) is 0 Å². The molecule has 0 fully saturated rings. The molecule has 0 aliphatic heterocycles. The van der Waals surface area contributed by atoms with Gasteiger partial charge < -0.3 is 10.5 Å². The van der Waals surface area contributed by atoms with Gasteiger partial charge in [-0.3, -0.25) is 4.79 Å². The smallest absolute Gasteiger partial charge is 0.323 e. The van der Waals surface area contributed by atoms with E-state index in [-0.39, 0.29) is 18.4 Å². The highest BCUT2D eigenvalue weighted by atomic mass is 35.5. The molecule has 0 rings (SSSR count). The van der Waals surface area contributed by atoms with E-state index in [1.54, 1.807) is 18.7 Å². The van der Waals surface area contributed by atoms with Gasteiger partial charge in [0.25, 0.3) is 0 Å². The molecule has 0 amide bonds. The average molecular weight is 326 g/mol. The second kappa shape index (κ2) is 17.1. The first kappa shape index (κ1) is 22.4. The van der Waals surface area contributed by atoms with Crippen molar-refractivity contribution in [3.05, 3.63) is 0 Å². The summed E-state index contributed by atoms with van der Waals surface area (Å²) in [5, 5.41) is 0. The molecule has 2 N–H and O–H groups in total. The average Bonchev–Trinajstić information content (AvgIpc) is 2.41. The SMILES string of the molecule is CCCCCCCCCCSCC(N)C(=O)OCC.Cl. The summed E-state index contributed by atoms with van der Waals surface area (Å²) in [6.07, 6.45) is 10.7. The number of esters is 1. The second-order valence-corrected chi connectivity index (χ2v) is 6.06. The molecule has 0 aliphatic rings. The fourth-order valence-corrected chi connectivity index (χ4v) is 2.83. The quantitative estimate of drug-likeness (QED) is 0.408. The molecule has 3 nitrogen and oxygen atoms in total. The number of halogens is 1. The zero-order valence-electron chi connectivity index (χ0n) is 13.1. The number of ether oxygens (including phenoxy) is 1. The number of rotatable bonds is 13. The Kier molecular flexibility index (Phi) is 19.1. The van der Waals surface area contributed by atoms with Crippen LogP contribution in [0.15, 0.2) is 0 Å². The van der Waals surface area contributed by atoms with Crippen LogP contribution in [-0.4, -0.2) is 30.1 Å². The molecule has 1 unspecified atom stereocenters. The summed E-state index contributed by atoms with van der Waals surface area (Å²) in [6, 6.07) is -0.459. The highest BCUT2D eigenvalue weighted by molar-refractivity contribution is 7.99. The molecule has 0 heterocycles. The molecule has 0 saturated carbocycles. The van der Waals surface area contributed by atoms with E-state index in [1.165, 1.54) is 51.4 Å². The van der Waals surface area contributed by atoms with Crippen molar-refractivity contribution in [1.82, 2.24) is 0 Å². The van der Waals surface area contributed by atoms with Crippen molar-refractivity contribution in [3.63, 3.8) is 0 Å². The standard InChI is InChI=1S/C15H31NO2S.ClH/c1-3-5-6-7-8-9-10-11-12-19-13-14(16)15(17)18-4-2;/h14H,3-13,16H2,1-2H3;1H. The molecule has 1 atom stereocenters. The van der Waals surface area contributed by atoms with Gasteiger partial charge in [-0.2, -0.15) is 11.8 Å². The minimum Gasteiger partial charge on any atom is -0.465 e. The van der Waals surface area contributed by atoms with Crippen LogP contribution in [0.2, 0.25) is 0 Å². The first-order valence-corrected chi connectivity index (χ1v) is 8.87. The van der Waals surface area contributed by atoms with Crippen LogP contribution in [0.4, 0.5) is 0 Å². The van der Waals surface area contributed by atoms with Crippen molar-refractivity contribution in [3.8, 4) is 0 Å². The van der Waals surface area contributed by atoms with Gasteiger partial charge in [-0.15, -0.1) is 12.4 Å². The molecule has 0 saturated heterocycles. The van der Waals surface area contributed by atoms with Gasteiger partial charge in [0.2, 0.25) is 0 Å². The minimum absolute atomic E-state index is 0. The molecule has 0 spiro atoms. The van der Waals surface area contributed by atoms with Crippen molar-refractivity contribution in [2.45, 2.75) is 71.3 Å². The van der Waals surface area contributed by atoms with Crippen molar-refractivity contribution in [2.24, 2.45) is 5.73 Å². The van der Waals surface area contributed by atoms with Crippen LogP contribution in [0.5, 0.6) is 0 Å². The number of hydrogen-bond donors (Lipinski definition) is 1. The van der Waals surface area contributed by atoms with Gasteiger partial charge in [-0.25, -0.2) is 0 Å². The molecule has 5 heteroatoms. The van der Waals surface area contributed by atoms with E-state index < -0.39 is 6.04 Å². The summed E-state index contributed by atoms with van der Waals surface area (Å²) >= 11 is 1.76. The van der Waals surface area contributed by atoms with Gasteiger partial charge in [0, 0.05) is 5.75 Å². The van der Waals surface area contributed by atoms with Crippen molar-refractivity contribution >= 4 is 30.1 Å². The third-order valence-electron chi connectivity index (χ3n) is 3.03. The largest absolute Gasteiger partial charge is 0.465 e. The van der Waals surface area contributed by atoms with Crippen LogP contribution in [0, 0.1) is 0 Å². The number of carbonyl (C=O) groups is 1. The molecule has 0 radical (unpaired) electrons. The highest BCUT2D eigenvalue weighted by Gasteiger charge is 2.13. The van der Waals surface area contributed by atoms with Gasteiger partial charge in [0.05, 0.1) is 6.61 Å². The number of carbonyl (C=O) groups excluding carboxylic acids is 1. The van der Waals surface area contributed by atoms with Gasteiger partial charge in [-0.1, -0.05) is 51.9 Å². The maximum atomic E-state index is 11.3. The van der Waals surface area contributed by atoms with Gasteiger partial charge in [0.15, 0.2) is 0 Å². The number of unbranched alkanes of at least 4 members (excludes halogenated alkanes) is 7. The Morgan fingerprint density at radius 3 is 2.15 bits per heavy atom. The van der Waals surface area contributed by atoms with Crippen LogP contribution < -0.4 is 5.73 Å². The lowest BCUT2D eigenvalue weighted by atomic mass is 10.1. The highest BCUT2D eigenvalue weighted by Crippen LogP contribution is 2.11. The van der Waals surface area contributed by atoms with Crippen molar-refractivity contribution in [1.29, 1.82) is 0 Å². The summed E-state index contributed by atoms with van der Waals surface area (Å²) in [5.74, 6) is 1.50. The summed E-state index contributed by atoms with van der Waals surface area (Å²) < 4.78 is 4.87. The Labute approximate surface area is 135 Å². The maximum absolute atomic E-state index is 11.3. The third-order valence-corrected chi connectivity index (χ3v) is 4.20. The summed E-state index contributed by atoms with van der Waals surface area (Å²) in [5.41, 5.74) is 5.72. The Morgan fingerprint density at radius 2 is 1.60 bits per heavy atom. The zero-order chi connectivity index (χ0) is 14.3. The van der Waals surface area contributed by atoms with E-state index in [4.69, 9.17) is 10.5 Å². The molecular formula is C15H32ClNO2S. The first-order valence-electron chi connectivity index (χ1n) is 7.72. The van der Waals surface area contributed by atoms with E-state index in [9.17, 15) is 4.79 Å². The second-order valence-electron chi connectivity index (χ2n) is 4.91. The number of thioether (sulfide) groups is 1. The van der Waals surface area contributed by atoms with Gasteiger partial charge >= 0.3 is 5.97 Å². The van der Waals surface area contributed by atoms with E-state index in [2.05, 4.69) is 6.92 Å². The van der Waals surface area contributed by atoms with Gasteiger partial charge in [0.1, 0.15) is 6.04 Å². The maximum Gasteiger partial charge on any atom is 0.323 e. The Hall–Kier alpha value is 0.0700. The monoisotopic (exact) mass is 325 g/mol. The number of nitrogens with two attached hydrogens (primary N) is 1. The van der Waals surface area contributed by atoms with Crippen LogP contribution in [-0.2, 0) is 9.53 Å². The van der Waals surface area contributed by atoms with Crippen LogP contribution >= 0.6 is 24.2 Å². The van der Waals surface area contributed by atoms with Crippen molar-refractivity contribution in [2.75, 3.05) is 18.1 Å². The predicted octanol–water partition coefficient (Wildman–Crippen LogP) is 4.17. The number of hydrogen-bond acceptors (Lipinski definition) is 4. The molecular weight excluding hydrogens is 294 g/mol. The Bertz CT molecular complexity index is 218. The fraction of sp³-hybridized carbons (Fsp3) is 0.933. The molecule has 0 aliphatic carbocycles. The Balaban J connectivity index is 0. The zero-order valence-corrected chi connectivity index (χ0v) is 14.7. The normalized spacial score (nSPS) is 11.8. The molecule has 0 bridgehead atoms. The summed E-state index contributed by atoms with van der Waals surface area (Å²) in [6.45, 7) is 4.46. The lowest BCUT2D eigenvalue weighted by Crippen LogP contribution is -2.34. The topological polar surface area (TPSA) is 52.3 Å². The van der Waals surface area contributed by atoms with E-state index in [0.29, 0.717) is 12.4 Å². The molecule has 0 aromatic carbocycles. The lowest BCUT2D eigenvalue weighted by molar-refractivity contribution is -0.144. The minimum atomic E-state index is -0.459. The van der Waals surface area contributed by atoms with Crippen molar-refractivity contribution < 1.29 is 9.53 Å². The van der Waals surface area contributed by atoms with Crippen LogP contribution in [0.25, 0.3) is 0 Å². The summed E-state index contributed by atoms with van der Waals surface area (Å²) in [7, 11) is 0. The van der Waals surface area contributed by atoms with E-state index >= 15 is 0 Å². The van der Waals surface area contributed by atoms with Crippen LogP contribution in [0.1, 0.15) is 65.2 Å². The first-order chi connectivity index (χ1) is 9.22. The molecule has 0 aromatic rings. The molecule has 20 heavy (non-hydrogen) atoms. The third kappa shape index (κ3) is 14.5. The van der Waals surface area contributed by atoms with Crippen LogP contribution in [0.3, 0.4) is 0 Å². The molecule has 122 valence electrons. The summed E-state index contributed by atoms with van der Waals surface area (Å²) in [4.78, 5) is 11.3. The van der Waals surface area contributed by atoms with E-state index in [0.717, 1.165) is 5.75 Å². The Morgan fingerprint density at radius 1 is 1.05 bits per heavy atom. The van der Waals surface area contributed by atoms with Gasteiger partial charge in [-0.05, 0) is 19.1 Å². The fourth-order valence-electron chi connectivity index (χ4n) is 1.87. The predicted molar refractivity (Wildman–Crippen MR) is 91.8 cm³/mol. The molecule has 0 aromatic heterocycles. The lowest BCUT2D eigenvalue weighted by Gasteiger charge is -2.09.